The topological polar surface area (TPSA) is 122 Å². The highest BCUT2D eigenvalue weighted by molar-refractivity contribution is 7.56. The molecule has 0 fully saturated rings. The molecule has 0 aliphatic rings. The Balaban J connectivity index is 2.40. The zero-order valence-corrected chi connectivity index (χ0v) is 13.6. The van der Waals surface area contributed by atoms with E-state index in [9.17, 15) is 14.2 Å². The maximum Gasteiger partial charge on any atom is 0.443 e. The van der Waals surface area contributed by atoms with Gasteiger partial charge in [0.2, 0.25) is 11.8 Å². The number of benzene rings is 2. The molecule has 126 valence electrons. The van der Waals surface area contributed by atoms with E-state index in [1.807, 2.05) is 0 Å². The first-order valence-electron chi connectivity index (χ1n) is 7.07. The maximum atomic E-state index is 13.3. The van der Waals surface area contributed by atoms with Gasteiger partial charge < -0.3 is 20.5 Å². The molecule has 0 heterocycles. The highest BCUT2D eigenvalue weighted by atomic mass is 31.2. The van der Waals surface area contributed by atoms with E-state index in [4.69, 9.17) is 20.5 Å². The number of hydrogen-bond donors (Lipinski definition) is 2. The number of rotatable bonds is 8. The number of amides is 2. The number of carbonyl (C=O) groups excluding carboxylic acids is 2. The van der Waals surface area contributed by atoms with Crippen molar-refractivity contribution in [2.75, 3.05) is 0 Å². The molecule has 0 spiro atoms. The van der Waals surface area contributed by atoms with Gasteiger partial charge in [-0.15, -0.1) is 0 Å². The summed E-state index contributed by atoms with van der Waals surface area (Å²) < 4.78 is 24.2. The Morgan fingerprint density at radius 3 is 1.62 bits per heavy atom. The van der Waals surface area contributed by atoms with Gasteiger partial charge in [0.15, 0.2) is 5.66 Å². The largest absolute Gasteiger partial charge is 0.443 e. The number of nitrogens with two attached hydrogens (primary N) is 2. The van der Waals surface area contributed by atoms with Gasteiger partial charge in [0.05, 0.1) is 6.42 Å². The van der Waals surface area contributed by atoms with E-state index in [2.05, 4.69) is 0 Å². The van der Waals surface area contributed by atoms with E-state index < -0.39 is 31.5 Å². The summed E-state index contributed by atoms with van der Waals surface area (Å²) >= 11 is 0. The summed E-state index contributed by atoms with van der Waals surface area (Å²) in [5, 5.41) is 0. The van der Waals surface area contributed by atoms with Crippen molar-refractivity contribution in [2.24, 2.45) is 11.5 Å². The lowest BCUT2D eigenvalue weighted by Gasteiger charge is -2.25. The van der Waals surface area contributed by atoms with Gasteiger partial charge in [0.1, 0.15) is 11.5 Å². The standard InChI is InChI=1S/C16H17N2O5P/c17-15(19)11-14(16(18)20)24(21,22-12-7-3-1-4-8-12)23-13-9-5-2-6-10-13/h1-10,14H,11H2,(H2,17,19)(H2,18,20). The van der Waals surface area contributed by atoms with Crippen LogP contribution in [0.5, 0.6) is 11.5 Å². The molecule has 0 aliphatic carbocycles. The van der Waals surface area contributed by atoms with Crippen LogP contribution in [0.1, 0.15) is 6.42 Å². The Hall–Kier alpha value is -2.79. The zero-order chi connectivity index (χ0) is 17.6. The van der Waals surface area contributed by atoms with Crippen LogP contribution >= 0.6 is 7.60 Å². The quantitative estimate of drug-likeness (QED) is 0.707. The first kappa shape index (κ1) is 17.6. The van der Waals surface area contributed by atoms with Gasteiger partial charge in [-0.05, 0) is 24.3 Å². The zero-order valence-electron chi connectivity index (χ0n) is 12.7. The van der Waals surface area contributed by atoms with E-state index in [-0.39, 0.29) is 11.5 Å². The van der Waals surface area contributed by atoms with Gasteiger partial charge in [0, 0.05) is 0 Å². The monoisotopic (exact) mass is 348 g/mol. The molecule has 4 N–H and O–H groups in total. The number of hydrogen-bond acceptors (Lipinski definition) is 5. The van der Waals surface area contributed by atoms with Gasteiger partial charge in [0.25, 0.3) is 0 Å². The Kier molecular flexibility index (Phi) is 5.60. The first-order valence-corrected chi connectivity index (χ1v) is 8.68. The molecule has 0 aliphatic heterocycles. The van der Waals surface area contributed by atoms with Crippen LogP contribution in [0.4, 0.5) is 0 Å². The van der Waals surface area contributed by atoms with Crippen molar-refractivity contribution < 1.29 is 23.2 Å². The Bertz CT molecular complexity index is 706. The Morgan fingerprint density at radius 2 is 1.29 bits per heavy atom. The Labute approximate surface area is 139 Å². The van der Waals surface area contributed by atoms with Gasteiger partial charge >= 0.3 is 7.60 Å². The van der Waals surface area contributed by atoms with E-state index in [1.165, 1.54) is 0 Å². The second kappa shape index (κ2) is 7.66. The van der Waals surface area contributed by atoms with E-state index in [0.717, 1.165) is 0 Å². The molecule has 1 atom stereocenters. The maximum absolute atomic E-state index is 13.3. The van der Waals surface area contributed by atoms with Crippen LogP contribution in [0, 0.1) is 0 Å². The highest BCUT2D eigenvalue weighted by Gasteiger charge is 2.44. The molecule has 0 saturated carbocycles. The third kappa shape index (κ3) is 4.60. The lowest BCUT2D eigenvalue weighted by atomic mass is 10.3. The third-order valence-corrected chi connectivity index (χ3v) is 5.19. The van der Waals surface area contributed by atoms with Crippen LogP contribution in [0.15, 0.2) is 60.7 Å². The predicted octanol–water partition coefficient (Wildman–Crippen LogP) is 2.07. The fourth-order valence-electron chi connectivity index (χ4n) is 1.96. The molecular formula is C16H17N2O5P. The number of para-hydroxylation sites is 2. The van der Waals surface area contributed by atoms with Crippen LogP contribution in [0.3, 0.4) is 0 Å². The number of primary amides is 2. The second-order valence-electron chi connectivity index (χ2n) is 4.94. The minimum atomic E-state index is -4.16. The van der Waals surface area contributed by atoms with Crippen LogP contribution in [-0.4, -0.2) is 17.5 Å². The summed E-state index contributed by atoms with van der Waals surface area (Å²) in [4.78, 5) is 23.0. The molecule has 0 radical (unpaired) electrons. The van der Waals surface area contributed by atoms with Gasteiger partial charge in [-0.2, -0.15) is 0 Å². The third-order valence-electron chi connectivity index (χ3n) is 3.06. The van der Waals surface area contributed by atoms with Crippen molar-refractivity contribution >= 4 is 19.4 Å². The summed E-state index contributed by atoms with van der Waals surface area (Å²) in [6, 6.07) is 16.3. The van der Waals surface area contributed by atoms with Crippen LogP contribution in [0.2, 0.25) is 0 Å². The van der Waals surface area contributed by atoms with E-state index in [1.54, 1.807) is 60.7 Å². The predicted molar refractivity (Wildman–Crippen MR) is 88.5 cm³/mol. The minimum absolute atomic E-state index is 0.215. The van der Waals surface area contributed by atoms with E-state index in [0.29, 0.717) is 0 Å². The van der Waals surface area contributed by atoms with Gasteiger partial charge in [-0.3, -0.25) is 9.59 Å². The molecule has 0 saturated heterocycles. The highest BCUT2D eigenvalue weighted by Crippen LogP contribution is 2.53. The molecule has 1 unspecified atom stereocenters. The summed E-state index contributed by atoms with van der Waals surface area (Å²) in [6.07, 6.45) is -0.549. The molecule has 24 heavy (non-hydrogen) atoms. The molecule has 8 heteroatoms. The fraction of sp³-hybridized carbons (Fsp3) is 0.125. The second-order valence-corrected chi connectivity index (χ2v) is 7.01. The first-order chi connectivity index (χ1) is 11.4. The Morgan fingerprint density at radius 1 is 0.875 bits per heavy atom. The summed E-state index contributed by atoms with van der Waals surface area (Å²) in [5.74, 6) is -1.41. The van der Waals surface area contributed by atoms with Crippen molar-refractivity contribution in [3.8, 4) is 11.5 Å². The summed E-state index contributed by atoms with van der Waals surface area (Å²) in [7, 11) is -4.16. The van der Waals surface area contributed by atoms with Crippen LogP contribution in [-0.2, 0) is 14.2 Å². The SMILES string of the molecule is NC(=O)CC(C(N)=O)P(=O)(Oc1ccccc1)Oc1ccccc1. The summed E-state index contributed by atoms with van der Waals surface area (Å²) in [6.45, 7) is 0. The number of carbonyl (C=O) groups is 2. The van der Waals surface area contributed by atoms with Crippen LogP contribution in [0.25, 0.3) is 0 Å². The molecular weight excluding hydrogens is 331 g/mol. The smallest absolute Gasteiger partial charge is 0.416 e. The van der Waals surface area contributed by atoms with Crippen molar-refractivity contribution in [2.45, 2.75) is 12.1 Å². The molecule has 2 amide bonds. The van der Waals surface area contributed by atoms with Crippen molar-refractivity contribution in [1.29, 1.82) is 0 Å². The molecule has 0 aromatic heterocycles. The minimum Gasteiger partial charge on any atom is -0.416 e. The van der Waals surface area contributed by atoms with Gasteiger partial charge in [-0.1, -0.05) is 36.4 Å². The van der Waals surface area contributed by atoms with Gasteiger partial charge in [-0.25, -0.2) is 4.57 Å². The molecule has 7 nitrogen and oxygen atoms in total. The molecule has 2 rings (SSSR count). The normalized spacial score (nSPS) is 12.2. The van der Waals surface area contributed by atoms with Crippen LogP contribution < -0.4 is 20.5 Å². The molecule has 2 aromatic rings. The van der Waals surface area contributed by atoms with Crippen molar-refractivity contribution in [3.05, 3.63) is 60.7 Å². The lowest BCUT2D eigenvalue weighted by molar-refractivity contribution is -0.123. The average Bonchev–Trinajstić information content (AvgIpc) is 2.54. The fourth-order valence-corrected chi connectivity index (χ4v) is 3.80. The molecule has 2 aromatic carbocycles. The lowest BCUT2D eigenvalue weighted by Crippen LogP contribution is -2.35. The van der Waals surface area contributed by atoms with E-state index >= 15 is 0 Å². The summed E-state index contributed by atoms with van der Waals surface area (Å²) in [5.41, 5.74) is 8.93. The van der Waals surface area contributed by atoms with Crippen molar-refractivity contribution in [1.82, 2.24) is 0 Å². The average molecular weight is 348 g/mol. The molecule has 0 bridgehead atoms. The van der Waals surface area contributed by atoms with Crippen molar-refractivity contribution in [3.63, 3.8) is 0 Å².